The number of aromatic nitrogens is 1. The normalized spacial score (nSPS) is 16.4. The first-order valence-electron chi connectivity index (χ1n) is 8.36. The van der Waals surface area contributed by atoms with Crippen LogP contribution in [-0.2, 0) is 18.1 Å². The van der Waals surface area contributed by atoms with Gasteiger partial charge < -0.3 is 10.6 Å². The number of nitrogens with zero attached hydrogens (tertiary/aromatic N) is 2. The number of hydrogen-bond donors (Lipinski definition) is 2. The van der Waals surface area contributed by atoms with Gasteiger partial charge in [0.05, 0.1) is 6.54 Å². The maximum Gasteiger partial charge on any atom is 0.434 e. The molecule has 26 heavy (non-hydrogen) atoms. The fraction of sp³-hybridized carbons (Fsp3) is 0.444. The third kappa shape index (κ3) is 4.17. The van der Waals surface area contributed by atoms with Crippen molar-refractivity contribution in [2.24, 2.45) is 4.99 Å². The molecule has 4 nitrogen and oxygen atoms in total. The minimum absolute atomic E-state index is 0.119. The van der Waals surface area contributed by atoms with E-state index in [2.05, 4.69) is 45.7 Å². The Labute approximate surface area is 154 Å². The van der Waals surface area contributed by atoms with Gasteiger partial charge >= 0.3 is 6.18 Å². The maximum atomic E-state index is 12.6. The molecule has 1 fully saturated rings. The number of guanidine groups is 1. The Morgan fingerprint density at radius 1 is 1.27 bits per heavy atom. The predicted octanol–water partition coefficient (Wildman–Crippen LogP) is 3.87. The van der Waals surface area contributed by atoms with E-state index in [-0.39, 0.29) is 12.0 Å². The van der Waals surface area contributed by atoms with Gasteiger partial charge in [-0.1, -0.05) is 24.3 Å². The summed E-state index contributed by atoms with van der Waals surface area (Å²) in [6, 6.07) is 8.36. The molecule has 1 aliphatic rings. The van der Waals surface area contributed by atoms with Crippen LogP contribution >= 0.6 is 11.3 Å². The zero-order valence-corrected chi connectivity index (χ0v) is 15.5. The molecule has 0 amide bonds. The van der Waals surface area contributed by atoms with Crippen LogP contribution in [0.4, 0.5) is 13.2 Å². The molecule has 1 heterocycles. The number of thiazole rings is 1. The van der Waals surface area contributed by atoms with Crippen LogP contribution in [0.2, 0.25) is 0 Å². The van der Waals surface area contributed by atoms with Crippen molar-refractivity contribution in [1.29, 1.82) is 0 Å². The molecule has 0 saturated heterocycles. The lowest BCUT2D eigenvalue weighted by molar-refractivity contribution is -0.140. The second kappa shape index (κ2) is 7.26. The van der Waals surface area contributed by atoms with Crippen molar-refractivity contribution < 1.29 is 13.2 Å². The van der Waals surface area contributed by atoms with Gasteiger partial charge in [0.1, 0.15) is 5.01 Å². The number of nitrogens with one attached hydrogen (secondary N) is 2. The Hall–Kier alpha value is -2.09. The number of rotatable bonds is 5. The van der Waals surface area contributed by atoms with Crippen LogP contribution in [-0.4, -0.2) is 24.5 Å². The van der Waals surface area contributed by atoms with Crippen LogP contribution in [0.25, 0.3) is 0 Å². The van der Waals surface area contributed by atoms with E-state index < -0.39 is 11.9 Å². The molecule has 3 rings (SSSR count). The quantitative estimate of drug-likeness (QED) is 0.610. The van der Waals surface area contributed by atoms with Gasteiger partial charge in [0.25, 0.3) is 0 Å². The molecule has 140 valence electrons. The first kappa shape index (κ1) is 18.7. The number of alkyl halides is 3. The molecule has 0 radical (unpaired) electrons. The lowest BCUT2D eigenvalue weighted by atomic mass is 9.92. The Kier molecular flexibility index (Phi) is 5.22. The number of hydrogen-bond acceptors (Lipinski definition) is 3. The van der Waals surface area contributed by atoms with Crippen molar-refractivity contribution >= 4 is 17.3 Å². The minimum atomic E-state index is -4.40. The molecule has 2 aromatic rings. The molecule has 2 N–H and O–H groups in total. The van der Waals surface area contributed by atoms with Gasteiger partial charge in [-0.15, -0.1) is 11.3 Å². The summed E-state index contributed by atoms with van der Waals surface area (Å²) in [6.07, 6.45) is -2.17. The Morgan fingerprint density at radius 3 is 2.58 bits per heavy atom. The molecule has 1 aromatic carbocycles. The van der Waals surface area contributed by atoms with Gasteiger partial charge in [0.2, 0.25) is 0 Å². The van der Waals surface area contributed by atoms with Crippen molar-refractivity contribution in [2.45, 2.75) is 37.9 Å². The molecule has 0 spiro atoms. The monoisotopic (exact) mass is 382 g/mol. The summed E-state index contributed by atoms with van der Waals surface area (Å²) in [5.74, 6) is 0.564. The summed E-state index contributed by atoms with van der Waals surface area (Å²) >= 11 is 0.987. The fourth-order valence-corrected chi connectivity index (χ4v) is 3.76. The summed E-state index contributed by atoms with van der Waals surface area (Å²) in [5.41, 5.74) is 1.89. The highest BCUT2D eigenvalue weighted by atomic mass is 32.1. The van der Waals surface area contributed by atoms with Gasteiger partial charge in [-0.2, -0.15) is 13.2 Å². The van der Waals surface area contributed by atoms with Crippen molar-refractivity contribution in [3.8, 4) is 0 Å². The van der Waals surface area contributed by atoms with E-state index in [4.69, 9.17) is 0 Å². The zero-order chi connectivity index (χ0) is 18.8. The maximum absolute atomic E-state index is 12.6. The van der Waals surface area contributed by atoms with Crippen molar-refractivity contribution in [1.82, 2.24) is 15.6 Å². The molecule has 0 aliphatic heterocycles. The molecule has 0 bridgehead atoms. The minimum Gasteiger partial charge on any atom is -0.356 e. The molecule has 1 saturated carbocycles. The molecule has 1 aromatic heterocycles. The Morgan fingerprint density at radius 2 is 2.00 bits per heavy atom. The summed E-state index contributed by atoms with van der Waals surface area (Å²) in [7, 11) is 1.64. The predicted molar refractivity (Wildman–Crippen MR) is 97.4 cm³/mol. The van der Waals surface area contributed by atoms with Crippen LogP contribution in [0.5, 0.6) is 0 Å². The van der Waals surface area contributed by atoms with E-state index in [1.165, 1.54) is 11.1 Å². The molecular weight excluding hydrogens is 361 g/mol. The van der Waals surface area contributed by atoms with Gasteiger partial charge in [-0.3, -0.25) is 4.99 Å². The van der Waals surface area contributed by atoms with Crippen LogP contribution in [0.3, 0.4) is 0 Å². The second-order valence-electron chi connectivity index (χ2n) is 6.50. The summed E-state index contributed by atoms with van der Waals surface area (Å²) in [5, 5.41) is 7.74. The average molecular weight is 382 g/mol. The van der Waals surface area contributed by atoms with Crippen molar-refractivity contribution in [3.63, 3.8) is 0 Å². The topological polar surface area (TPSA) is 49.3 Å². The van der Waals surface area contributed by atoms with Gasteiger partial charge in [-0.05, 0) is 30.9 Å². The zero-order valence-electron chi connectivity index (χ0n) is 14.7. The van der Waals surface area contributed by atoms with Gasteiger partial charge in [-0.25, -0.2) is 4.98 Å². The highest BCUT2D eigenvalue weighted by Crippen LogP contribution is 2.48. The van der Waals surface area contributed by atoms with Crippen molar-refractivity contribution in [3.05, 3.63) is 51.5 Å². The highest BCUT2D eigenvalue weighted by molar-refractivity contribution is 7.09. The van der Waals surface area contributed by atoms with Crippen LogP contribution in [0, 0.1) is 6.92 Å². The SMILES string of the molecule is CN=C(NCc1nc(C(F)(F)F)cs1)NCC1(c2ccccc2C)CC1. The van der Waals surface area contributed by atoms with Crippen LogP contribution in [0.1, 0.15) is 34.7 Å². The number of aryl methyl sites for hydroxylation is 1. The summed E-state index contributed by atoms with van der Waals surface area (Å²) in [4.78, 5) is 7.77. The number of halogens is 3. The van der Waals surface area contributed by atoms with Gasteiger partial charge in [0, 0.05) is 24.4 Å². The first-order chi connectivity index (χ1) is 12.3. The standard InChI is InChI=1S/C18H21F3N4S/c1-12-5-3-4-6-13(12)17(7-8-17)11-24-16(22-2)23-9-15-25-14(10-26-15)18(19,20)21/h3-6,10H,7-9,11H2,1-2H3,(H2,22,23,24). The third-order valence-corrected chi connectivity index (χ3v) is 5.49. The highest BCUT2D eigenvalue weighted by Gasteiger charge is 2.44. The largest absolute Gasteiger partial charge is 0.434 e. The molecule has 1 aliphatic carbocycles. The fourth-order valence-electron chi connectivity index (χ4n) is 3.02. The number of benzene rings is 1. The summed E-state index contributed by atoms with van der Waals surface area (Å²) < 4.78 is 37.8. The number of aliphatic imine (C=N–C) groups is 1. The Bertz CT molecular complexity index is 794. The van der Waals surface area contributed by atoms with E-state index in [1.807, 2.05) is 6.07 Å². The average Bonchev–Trinajstić information content (AvgIpc) is 3.22. The van der Waals surface area contributed by atoms with E-state index in [0.29, 0.717) is 11.0 Å². The molecule has 0 unspecified atom stereocenters. The lowest BCUT2D eigenvalue weighted by Gasteiger charge is -2.20. The smallest absolute Gasteiger partial charge is 0.356 e. The van der Waals surface area contributed by atoms with Crippen LogP contribution in [0.15, 0.2) is 34.6 Å². The van der Waals surface area contributed by atoms with Gasteiger partial charge in [0.15, 0.2) is 11.7 Å². The van der Waals surface area contributed by atoms with E-state index in [9.17, 15) is 13.2 Å². The first-order valence-corrected chi connectivity index (χ1v) is 9.24. The Balaban J connectivity index is 1.56. The molecule has 0 atom stereocenters. The van der Waals surface area contributed by atoms with E-state index in [0.717, 1.165) is 36.1 Å². The van der Waals surface area contributed by atoms with Crippen LogP contribution < -0.4 is 10.6 Å². The van der Waals surface area contributed by atoms with E-state index >= 15 is 0 Å². The summed E-state index contributed by atoms with van der Waals surface area (Å²) in [6.45, 7) is 3.06. The third-order valence-electron chi connectivity index (χ3n) is 4.64. The molecule has 8 heteroatoms. The van der Waals surface area contributed by atoms with E-state index in [1.54, 1.807) is 7.05 Å². The van der Waals surface area contributed by atoms with Crippen molar-refractivity contribution in [2.75, 3.05) is 13.6 Å². The lowest BCUT2D eigenvalue weighted by Crippen LogP contribution is -2.41. The second-order valence-corrected chi connectivity index (χ2v) is 7.44. The molecular formula is C18H21F3N4S.